The molecule has 0 unspecified atom stereocenters. The third kappa shape index (κ3) is 2.43. The van der Waals surface area contributed by atoms with E-state index in [1.54, 1.807) is 18.5 Å². The lowest BCUT2D eigenvalue weighted by atomic mass is 10.2. The molecule has 1 aliphatic heterocycles. The normalized spacial score (nSPS) is 17.0. The number of morpholine rings is 1. The van der Waals surface area contributed by atoms with E-state index < -0.39 is 0 Å². The van der Waals surface area contributed by atoms with E-state index in [9.17, 15) is 0 Å². The molecule has 1 fully saturated rings. The second kappa shape index (κ2) is 4.73. The van der Waals surface area contributed by atoms with Crippen LogP contribution in [0.2, 0.25) is 0 Å². The van der Waals surface area contributed by atoms with Gasteiger partial charge < -0.3 is 10.2 Å². The van der Waals surface area contributed by atoms with E-state index in [1.807, 2.05) is 5.01 Å². The first kappa shape index (κ1) is 9.90. The molecule has 1 aromatic heterocycles. The molecular formula is C10H12N4O. The van der Waals surface area contributed by atoms with E-state index in [-0.39, 0.29) is 0 Å². The quantitative estimate of drug-likeness (QED) is 0.764. The number of hydrogen-bond acceptors (Lipinski definition) is 5. The third-order valence-electron chi connectivity index (χ3n) is 2.23. The minimum Gasteiger partial charge on any atom is -0.379 e. The first-order valence-corrected chi connectivity index (χ1v) is 4.83. The molecule has 1 N–H and O–H groups in total. The minimum atomic E-state index is 0.608. The van der Waals surface area contributed by atoms with Gasteiger partial charge in [-0.05, 0) is 6.07 Å². The maximum absolute atomic E-state index is 8.89. The molecule has 0 amide bonds. The Morgan fingerprint density at radius 1 is 1.47 bits per heavy atom. The molecule has 0 spiro atoms. The summed E-state index contributed by atoms with van der Waals surface area (Å²) in [4.78, 5) is 3.99. The van der Waals surface area contributed by atoms with Crippen molar-refractivity contribution in [1.82, 2.24) is 9.99 Å². The Balaban J connectivity index is 2.06. The second-order valence-corrected chi connectivity index (χ2v) is 3.24. The van der Waals surface area contributed by atoms with Crippen LogP contribution in [0.3, 0.4) is 0 Å². The van der Waals surface area contributed by atoms with Crippen molar-refractivity contribution in [2.45, 2.75) is 0 Å². The zero-order chi connectivity index (χ0) is 10.5. The van der Waals surface area contributed by atoms with Gasteiger partial charge in [0.15, 0.2) is 0 Å². The van der Waals surface area contributed by atoms with Gasteiger partial charge in [-0.3, -0.25) is 4.98 Å². The van der Waals surface area contributed by atoms with Crippen LogP contribution in [0.4, 0.5) is 5.69 Å². The summed E-state index contributed by atoms with van der Waals surface area (Å²) in [6, 6.07) is 3.82. The zero-order valence-electron chi connectivity index (χ0n) is 8.31. The summed E-state index contributed by atoms with van der Waals surface area (Å²) in [7, 11) is 0. The number of rotatable bonds is 2. The molecule has 0 saturated carbocycles. The molecule has 15 heavy (non-hydrogen) atoms. The number of nitriles is 1. The maximum Gasteiger partial charge on any atom is 0.101 e. The summed E-state index contributed by atoms with van der Waals surface area (Å²) >= 11 is 0. The molecule has 78 valence electrons. The van der Waals surface area contributed by atoms with Gasteiger partial charge in [0.2, 0.25) is 0 Å². The number of hydrogen-bond donors (Lipinski definition) is 1. The van der Waals surface area contributed by atoms with Gasteiger partial charge in [-0.25, -0.2) is 5.01 Å². The summed E-state index contributed by atoms with van der Waals surface area (Å²) < 4.78 is 5.23. The molecule has 1 aliphatic rings. The molecule has 0 radical (unpaired) electrons. The highest BCUT2D eigenvalue weighted by Crippen LogP contribution is 2.13. The van der Waals surface area contributed by atoms with Crippen LogP contribution in [0.1, 0.15) is 5.56 Å². The Morgan fingerprint density at radius 2 is 2.27 bits per heavy atom. The number of anilines is 1. The highest BCUT2D eigenvalue weighted by Gasteiger charge is 2.11. The monoisotopic (exact) mass is 204 g/mol. The number of nitrogens with one attached hydrogen (secondary N) is 1. The van der Waals surface area contributed by atoms with Crippen LogP contribution in [0.5, 0.6) is 0 Å². The average molecular weight is 204 g/mol. The van der Waals surface area contributed by atoms with Crippen LogP contribution in [0, 0.1) is 11.3 Å². The van der Waals surface area contributed by atoms with Crippen molar-refractivity contribution in [3.05, 3.63) is 24.0 Å². The number of nitrogens with zero attached hydrogens (tertiary/aromatic N) is 3. The largest absolute Gasteiger partial charge is 0.379 e. The van der Waals surface area contributed by atoms with Crippen molar-refractivity contribution >= 4 is 5.69 Å². The zero-order valence-corrected chi connectivity index (χ0v) is 8.31. The maximum atomic E-state index is 8.89. The van der Waals surface area contributed by atoms with Gasteiger partial charge in [0.1, 0.15) is 6.07 Å². The van der Waals surface area contributed by atoms with E-state index in [2.05, 4.69) is 16.5 Å². The lowest BCUT2D eigenvalue weighted by molar-refractivity contribution is 0.0496. The molecule has 2 heterocycles. The Kier molecular flexibility index (Phi) is 3.12. The van der Waals surface area contributed by atoms with Crippen molar-refractivity contribution < 1.29 is 4.74 Å². The van der Waals surface area contributed by atoms with E-state index in [0.717, 1.165) is 32.0 Å². The molecular weight excluding hydrogens is 192 g/mol. The lowest BCUT2D eigenvalue weighted by Gasteiger charge is -2.28. The molecule has 0 atom stereocenters. The SMILES string of the molecule is N#Cc1ccncc1NN1CCOCC1. The number of ether oxygens (including phenoxy) is 1. The average Bonchev–Trinajstić information content (AvgIpc) is 2.31. The predicted molar refractivity (Wildman–Crippen MR) is 55.0 cm³/mol. The van der Waals surface area contributed by atoms with Gasteiger partial charge in [-0.15, -0.1) is 0 Å². The molecule has 5 heteroatoms. The Hall–Kier alpha value is -1.64. The number of hydrazine groups is 1. The third-order valence-corrected chi connectivity index (χ3v) is 2.23. The van der Waals surface area contributed by atoms with Gasteiger partial charge in [0.05, 0.1) is 30.7 Å². The fraction of sp³-hybridized carbons (Fsp3) is 0.400. The Bertz CT molecular complexity index is 368. The van der Waals surface area contributed by atoms with E-state index in [0.29, 0.717) is 5.56 Å². The van der Waals surface area contributed by atoms with Gasteiger partial charge in [0, 0.05) is 19.3 Å². The van der Waals surface area contributed by atoms with Crippen molar-refractivity contribution in [1.29, 1.82) is 5.26 Å². The fourth-order valence-corrected chi connectivity index (χ4v) is 1.43. The standard InChI is InChI=1S/C10H12N4O/c11-7-9-1-2-12-8-10(9)13-14-3-5-15-6-4-14/h1-2,8,13H,3-6H2. The van der Waals surface area contributed by atoms with E-state index >= 15 is 0 Å². The molecule has 1 saturated heterocycles. The summed E-state index contributed by atoms with van der Waals surface area (Å²) in [6.45, 7) is 3.07. The number of aromatic nitrogens is 1. The van der Waals surface area contributed by atoms with Gasteiger partial charge in [0.25, 0.3) is 0 Å². The predicted octanol–water partition coefficient (Wildman–Crippen LogP) is 0.612. The fourth-order valence-electron chi connectivity index (χ4n) is 1.43. The highest BCUT2D eigenvalue weighted by atomic mass is 16.5. The van der Waals surface area contributed by atoms with Gasteiger partial charge in [-0.1, -0.05) is 0 Å². The van der Waals surface area contributed by atoms with Crippen LogP contribution in [-0.2, 0) is 4.74 Å². The van der Waals surface area contributed by atoms with Crippen LogP contribution in [0.25, 0.3) is 0 Å². The smallest absolute Gasteiger partial charge is 0.101 e. The number of pyridine rings is 1. The van der Waals surface area contributed by atoms with Crippen molar-refractivity contribution in [3.63, 3.8) is 0 Å². The molecule has 0 aliphatic carbocycles. The van der Waals surface area contributed by atoms with Crippen molar-refractivity contribution in [2.24, 2.45) is 0 Å². The van der Waals surface area contributed by atoms with Crippen LogP contribution in [0.15, 0.2) is 18.5 Å². The molecule has 5 nitrogen and oxygen atoms in total. The van der Waals surface area contributed by atoms with Crippen LogP contribution in [-0.4, -0.2) is 36.3 Å². The van der Waals surface area contributed by atoms with Gasteiger partial charge >= 0.3 is 0 Å². The summed E-state index contributed by atoms with van der Waals surface area (Å²) in [5.41, 5.74) is 4.53. The van der Waals surface area contributed by atoms with Crippen molar-refractivity contribution in [2.75, 3.05) is 31.7 Å². The minimum absolute atomic E-state index is 0.608. The Morgan fingerprint density at radius 3 is 3.00 bits per heavy atom. The van der Waals surface area contributed by atoms with Crippen LogP contribution >= 0.6 is 0 Å². The van der Waals surface area contributed by atoms with Crippen molar-refractivity contribution in [3.8, 4) is 6.07 Å². The summed E-state index contributed by atoms with van der Waals surface area (Å²) in [5, 5.41) is 10.9. The van der Waals surface area contributed by atoms with Crippen LogP contribution < -0.4 is 5.43 Å². The molecule has 0 aromatic carbocycles. The highest BCUT2D eigenvalue weighted by molar-refractivity contribution is 5.54. The van der Waals surface area contributed by atoms with Gasteiger partial charge in [-0.2, -0.15) is 5.26 Å². The summed E-state index contributed by atoms with van der Waals surface area (Å²) in [6.07, 6.45) is 3.27. The topological polar surface area (TPSA) is 61.2 Å². The Labute approximate surface area is 88.3 Å². The lowest BCUT2D eigenvalue weighted by Crippen LogP contribution is -2.40. The van der Waals surface area contributed by atoms with E-state index in [4.69, 9.17) is 10.00 Å². The first-order chi connectivity index (χ1) is 7.40. The second-order valence-electron chi connectivity index (χ2n) is 3.24. The first-order valence-electron chi connectivity index (χ1n) is 4.83. The molecule has 0 bridgehead atoms. The molecule has 1 aromatic rings. The summed E-state index contributed by atoms with van der Waals surface area (Å²) in [5.74, 6) is 0. The van der Waals surface area contributed by atoms with E-state index in [1.165, 1.54) is 0 Å². The molecule has 2 rings (SSSR count).